The summed E-state index contributed by atoms with van der Waals surface area (Å²) >= 11 is 0. The van der Waals surface area contributed by atoms with Gasteiger partial charge in [0.15, 0.2) is 0 Å². The van der Waals surface area contributed by atoms with Gasteiger partial charge in [0.2, 0.25) is 5.91 Å². The van der Waals surface area contributed by atoms with E-state index in [0.717, 1.165) is 16.7 Å². The van der Waals surface area contributed by atoms with E-state index in [2.05, 4.69) is 5.32 Å². The number of nitrogens with one attached hydrogen (secondary N) is 1. The number of carbonyl (C=O) groups is 4. The summed E-state index contributed by atoms with van der Waals surface area (Å²) in [6, 6.07) is 7.92. The van der Waals surface area contributed by atoms with Crippen molar-refractivity contribution in [1.29, 1.82) is 0 Å². The zero-order valence-corrected chi connectivity index (χ0v) is 19.9. The molecule has 0 heterocycles. The molecule has 0 aliphatic carbocycles. The van der Waals surface area contributed by atoms with Gasteiger partial charge in [-0.1, -0.05) is 30.3 Å². The fourth-order valence-electron chi connectivity index (χ4n) is 2.97. The van der Waals surface area contributed by atoms with Crippen molar-refractivity contribution < 1.29 is 28.7 Å². The van der Waals surface area contributed by atoms with Crippen LogP contribution < -0.4 is 11.1 Å². The molecular weight excluding hydrogens is 426 g/mol. The molecule has 0 fully saturated rings. The van der Waals surface area contributed by atoms with Crippen molar-refractivity contribution in [2.75, 3.05) is 13.1 Å². The lowest BCUT2D eigenvalue weighted by molar-refractivity contribution is -0.126. The quantitative estimate of drug-likeness (QED) is 0.338. The Morgan fingerprint density at radius 3 is 2.36 bits per heavy atom. The number of rotatable bonds is 13. The van der Waals surface area contributed by atoms with Crippen LogP contribution in [-0.4, -0.2) is 54.0 Å². The standard InChI is InChI=1S/C24H37N3O6/c1-24(2,3)33-23(31)27(22(30)32-18-19-12-6-4-7-13-19)20(14-8-9-15-25)21(29)26-16-10-5-11-17-28/h4,6-7,12-13,17,20H,5,8-11,14-16,18,25H2,1-3H3,(H,26,29)/t20-/m0/s1. The van der Waals surface area contributed by atoms with Crippen molar-refractivity contribution in [2.24, 2.45) is 5.73 Å². The van der Waals surface area contributed by atoms with Crippen LogP contribution in [0.1, 0.15) is 64.9 Å². The lowest BCUT2D eigenvalue weighted by atomic mass is 10.1. The zero-order valence-electron chi connectivity index (χ0n) is 19.9. The minimum Gasteiger partial charge on any atom is -0.444 e. The summed E-state index contributed by atoms with van der Waals surface area (Å²) in [4.78, 5) is 50.2. The average molecular weight is 464 g/mol. The van der Waals surface area contributed by atoms with E-state index in [4.69, 9.17) is 15.2 Å². The molecule has 184 valence electrons. The van der Waals surface area contributed by atoms with Gasteiger partial charge in [0.25, 0.3) is 0 Å². The van der Waals surface area contributed by atoms with Crippen LogP contribution in [0.2, 0.25) is 0 Å². The second kappa shape index (κ2) is 15.0. The maximum absolute atomic E-state index is 13.0. The molecule has 1 aromatic carbocycles. The molecule has 0 unspecified atom stereocenters. The van der Waals surface area contributed by atoms with Crippen LogP contribution in [0.25, 0.3) is 0 Å². The second-order valence-corrected chi connectivity index (χ2v) is 8.64. The third-order valence-corrected chi connectivity index (χ3v) is 4.59. The minimum atomic E-state index is -1.11. The highest BCUT2D eigenvalue weighted by atomic mass is 16.6. The number of imide groups is 1. The predicted octanol–water partition coefficient (Wildman–Crippen LogP) is 3.54. The topological polar surface area (TPSA) is 128 Å². The summed E-state index contributed by atoms with van der Waals surface area (Å²) < 4.78 is 10.8. The minimum absolute atomic E-state index is 0.0538. The molecule has 1 aromatic rings. The van der Waals surface area contributed by atoms with Crippen molar-refractivity contribution in [3.8, 4) is 0 Å². The Kier molecular flexibility index (Phi) is 12.8. The molecule has 3 N–H and O–H groups in total. The Morgan fingerprint density at radius 2 is 1.76 bits per heavy atom. The van der Waals surface area contributed by atoms with Crippen LogP contribution >= 0.6 is 0 Å². The first-order valence-electron chi connectivity index (χ1n) is 11.3. The van der Waals surface area contributed by atoms with Crippen LogP contribution in [0, 0.1) is 0 Å². The van der Waals surface area contributed by atoms with Gasteiger partial charge in [-0.25, -0.2) is 9.59 Å². The monoisotopic (exact) mass is 463 g/mol. The summed E-state index contributed by atoms with van der Waals surface area (Å²) in [6.45, 7) is 5.72. The smallest absolute Gasteiger partial charge is 0.420 e. The van der Waals surface area contributed by atoms with E-state index in [-0.39, 0.29) is 13.0 Å². The molecule has 0 saturated carbocycles. The van der Waals surface area contributed by atoms with Gasteiger partial charge in [-0.3, -0.25) is 4.79 Å². The van der Waals surface area contributed by atoms with Crippen molar-refractivity contribution >= 4 is 24.4 Å². The highest BCUT2D eigenvalue weighted by molar-refractivity contribution is 5.95. The van der Waals surface area contributed by atoms with Crippen molar-refractivity contribution in [2.45, 2.75) is 77.5 Å². The first kappa shape index (κ1) is 28.1. The van der Waals surface area contributed by atoms with E-state index < -0.39 is 29.7 Å². The van der Waals surface area contributed by atoms with Crippen molar-refractivity contribution in [1.82, 2.24) is 10.2 Å². The molecule has 0 saturated heterocycles. The normalized spacial score (nSPS) is 11.9. The molecule has 0 aromatic heterocycles. The van der Waals surface area contributed by atoms with E-state index in [1.54, 1.807) is 32.9 Å². The van der Waals surface area contributed by atoms with Crippen LogP contribution in [0.4, 0.5) is 9.59 Å². The van der Waals surface area contributed by atoms with Gasteiger partial charge in [0.1, 0.15) is 24.5 Å². The number of carbonyl (C=O) groups excluding carboxylic acids is 4. The molecule has 0 aliphatic heterocycles. The highest BCUT2D eigenvalue weighted by Crippen LogP contribution is 2.18. The molecule has 33 heavy (non-hydrogen) atoms. The Bertz CT molecular complexity index is 748. The summed E-state index contributed by atoms with van der Waals surface area (Å²) in [5.41, 5.74) is 5.45. The van der Waals surface area contributed by atoms with Gasteiger partial charge in [-0.15, -0.1) is 0 Å². The van der Waals surface area contributed by atoms with Gasteiger partial charge >= 0.3 is 12.2 Å². The lowest BCUT2D eigenvalue weighted by Crippen LogP contribution is -2.53. The average Bonchev–Trinajstić information content (AvgIpc) is 2.76. The maximum Gasteiger partial charge on any atom is 0.420 e. The lowest BCUT2D eigenvalue weighted by Gasteiger charge is -2.31. The molecule has 0 spiro atoms. The molecule has 0 radical (unpaired) electrons. The van der Waals surface area contributed by atoms with E-state index >= 15 is 0 Å². The van der Waals surface area contributed by atoms with Gasteiger partial charge in [0, 0.05) is 13.0 Å². The predicted molar refractivity (Wildman–Crippen MR) is 124 cm³/mol. The fourth-order valence-corrected chi connectivity index (χ4v) is 2.97. The zero-order chi connectivity index (χ0) is 24.7. The number of hydrogen-bond acceptors (Lipinski definition) is 7. The Hall–Kier alpha value is -2.94. The number of ether oxygens (including phenoxy) is 2. The molecule has 0 bridgehead atoms. The number of nitrogens with zero attached hydrogens (tertiary/aromatic N) is 1. The van der Waals surface area contributed by atoms with Gasteiger partial charge < -0.3 is 25.3 Å². The molecule has 1 atom stereocenters. The largest absolute Gasteiger partial charge is 0.444 e. The summed E-state index contributed by atoms with van der Waals surface area (Å²) in [5.74, 6) is -0.486. The van der Waals surface area contributed by atoms with Gasteiger partial charge in [0.05, 0.1) is 0 Å². The maximum atomic E-state index is 13.0. The van der Waals surface area contributed by atoms with Crippen LogP contribution in [0.5, 0.6) is 0 Å². The number of unbranched alkanes of at least 4 members (excludes halogenated alkanes) is 3. The van der Waals surface area contributed by atoms with Crippen molar-refractivity contribution in [3.05, 3.63) is 35.9 Å². The first-order chi connectivity index (χ1) is 15.7. The SMILES string of the molecule is CC(C)(C)OC(=O)N(C(=O)OCc1ccccc1)[C@@H](CCCCN)C(=O)NCCCCC=O. The molecule has 3 amide bonds. The number of hydrogen-bond donors (Lipinski definition) is 2. The number of aldehydes is 1. The highest BCUT2D eigenvalue weighted by Gasteiger charge is 2.38. The van der Waals surface area contributed by atoms with E-state index in [1.807, 2.05) is 18.2 Å². The third kappa shape index (κ3) is 11.5. The van der Waals surface area contributed by atoms with Crippen LogP contribution in [0.15, 0.2) is 30.3 Å². The van der Waals surface area contributed by atoms with E-state index in [9.17, 15) is 19.2 Å². The second-order valence-electron chi connectivity index (χ2n) is 8.64. The van der Waals surface area contributed by atoms with Crippen LogP contribution in [0.3, 0.4) is 0 Å². The fraction of sp³-hybridized carbons (Fsp3) is 0.583. The Morgan fingerprint density at radius 1 is 1.06 bits per heavy atom. The number of nitrogens with two attached hydrogens (primary N) is 1. The Balaban J connectivity index is 3.04. The van der Waals surface area contributed by atoms with Gasteiger partial charge in [-0.05, 0) is 65.0 Å². The van der Waals surface area contributed by atoms with Crippen LogP contribution in [-0.2, 0) is 25.7 Å². The number of amides is 3. The molecule has 9 heteroatoms. The van der Waals surface area contributed by atoms with E-state index in [1.165, 1.54) is 0 Å². The molecular formula is C24H37N3O6. The molecule has 0 aliphatic rings. The first-order valence-corrected chi connectivity index (χ1v) is 11.3. The van der Waals surface area contributed by atoms with Crippen molar-refractivity contribution in [3.63, 3.8) is 0 Å². The molecule has 9 nitrogen and oxygen atoms in total. The summed E-state index contributed by atoms with van der Waals surface area (Å²) in [5, 5.41) is 2.75. The summed E-state index contributed by atoms with van der Waals surface area (Å²) in [7, 11) is 0. The third-order valence-electron chi connectivity index (χ3n) is 4.59. The number of benzene rings is 1. The van der Waals surface area contributed by atoms with Gasteiger partial charge in [-0.2, -0.15) is 4.90 Å². The Labute approximate surface area is 196 Å². The summed E-state index contributed by atoms with van der Waals surface area (Å²) in [6.07, 6.45) is 1.94. The van der Waals surface area contributed by atoms with E-state index in [0.29, 0.717) is 45.2 Å². The molecule has 1 rings (SSSR count).